The number of nitrogens with zero attached hydrogens (tertiary/aromatic N) is 1. The summed E-state index contributed by atoms with van der Waals surface area (Å²) in [5, 5.41) is 11.6. The standard InChI is InChI=1S/C31H33NO5/c1-18-11-13-22(15-19(18)2)32-27(20-9-8-10-23(16-20)36-6)26(29(34)30(32)35)28(33)21-12-14-25(37-7)24(17-21)31(3,4)5/h8-17,27,33H,1-7H3/b28-26-. The zero-order valence-corrected chi connectivity index (χ0v) is 22.4. The van der Waals surface area contributed by atoms with Gasteiger partial charge in [0.05, 0.1) is 25.8 Å². The molecule has 192 valence electrons. The molecule has 1 amide bonds. The van der Waals surface area contributed by atoms with Crippen LogP contribution in [0.15, 0.2) is 66.2 Å². The van der Waals surface area contributed by atoms with E-state index in [1.165, 1.54) is 4.90 Å². The Morgan fingerprint density at radius 1 is 0.892 bits per heavy atom. The molecule has 6 nitrogen and oxygen atoms in total. The van der Waals surface area contributed by atoms with Gasteiger partial charge in [0.1, 0.15) is 17.3 Å². The largest absolute Gasteiger partial charge is 0.507 e. The number of aliphatic hydroxyl groups excluding tert-OH is 1. The molecule has 1 saturated heterocycles. The van der Waals surface area contributed by atoms with Gasteiger partial charge in [-0.25, -0.2) is 0 Å². The molecule has 4 rings (SSSR count). The van der Waals surface area contributed by atoms with Crippen LogP contribution >= 0.6 is 0 Å². The second-order valence-corrected chi connectivity index (χ2v) is 10.4. The summed E-state index contributed by atoms with van der Waals surface area (Å²) in [6.07, 6.45) is 0. The van der Waals surface area contributed by atoms with Gasteiger partial charge in [-0.05, 0) is 78.4 Å². The molecule has 0 aromatic heterocycles. The van der Waals surface area contributed by atoms with E-state index in [0.717, 1.165) is 16.7 Å². The molecule has 1 aliphatic rings. The van der Waals surface area contributed by atoms with Gasteiger partial charge in [0, 0.05) is 16.8 Å². The molecular weight excluding hydrogens is 466 g/mol. The second-order valence-electron chi connectivity index (χ2n) is 10.4. The summed E-state index contributed by atoms with van der Waals surface area (Å²) in [7, 11) is 3.16. The van der Waals surface area contributed by atoms with E-state index in [2.05, 4.69) is 0 Å². The normalized spacial score (nSPS) is 17.3. The average Bonchev–Trinajstić information content (AvgIpc) is 3.14. The van der Waals surface area contributed by atoms with Crippen molar-refractivity contribution in [1.29, 1.82) is 0 Å². The van der Waals surface area contributed by atoms with Crippen LogP contribution in [0.4, 0.5) is 5.69 Å². The van der Waals surface area contributed by atoms with Gasteiger partial charge in [-0.3, -0.25) is 14.5 Å². The minimum absolute atomic E-state index is 0.0292. The Balaban J connectivity index is 1.98. The number of carbonyl (C=O) groups is 2. The number of benzene rings is 3. The maximum absolute atomic E-state index is 13.5. The van der Waals surface area contributed by atoms with Crippen molar-refractivity contribution >= 4 is 23.1 Å². The first-order valence-corrected chi connectivity index (χ1v) is 12.2. The van der Waals surface area contributed by atoms with E-state index >= 15 is 0 Å². The highest BCUT2D eigenvalue weighted by Gasteiger charge is 2.47. The molecule has 0 spiro atoms. The lowest BCUT2D eigenvalue weighted by molar-refractivity contribution is -0.132. The van der Waals surface area contributed by atoms with Crippen molar-refractivity contribution in [3.63, 3.8) is 0 Å². The highest BCUT2D eigenvalue weighted by atomic mass is 16.5. The van der Waals surface area contributed by atoms with Crippen molar-refractivity contribution in [2.45, 2.75) is 46.1 Å². The van der Waals surface area contributed by atoms with Gasteiger partial charge in [-0.1, -0.05) is 39.0 Å². The average molecular weight is 500 g/mol. The van der Waals surface area contributed by atoms with Gasteiger partial charge in [-0.2, -0.15) is 0 Å². The summed E-state index contributed by atoms with van der Waals surface area (Å²) < 4.78 is 11.0. The third-order valence-electron chi connectivity index (χ3n) is 6.90. The maximum Gasteiger partial charge on any atom is 0.300 e. The van der Waals surface area contributed by atoms with Crippen LogP contribution in [0.1, 0.15) is 54.6 Å². The van der Waals surface area contributed by atoms with Crippen LogP contribution in [0.5, 0.6) is 11.5 Å². The van der Waals surface area contributed by atoms with Crippen molar-refractivity contribution < 1.29 is 24.2 Å². The topological polar surface area (TPSA) is 76.1 Å². The third-order valence-corrected chi connectivity index (χ3v) is 6.90. The number of carbonyl (C=O) groups excluding carboxylic acids is 2. The fourth-order valence-electron chi connectivity index (χ4n) is 4.70. The molecule has 37 heavy (non-hydrogen) atoms. The number of ketones is 1. The number of anilines is 1. The number of hydrogen-bond donors (Lipinski definition) is 1. The smallest absolute Gasteiger partial charge is 0.300 e. The van der Waals surface area contributed by atoms with Crippen molar-refractivity contribution in [1.82, 2.24) is 0 Å². The summed E-state index contributed by atoms with van der Waals surface area (Å²) in [6.45, 7) is 10.1. The number of Topliss-reactive ketones (excluding diaryl/α,β-unsaturated/α-hetero) is 1. The number of aliphatic hydroxyl groups is 1. The molecule has 0 bridgehead atoms. The Labute approximate surface area is 218 Å². The molecule has 6 heteroatoms. The van der Waals surface area contributed by atoms with E-state index in [-0.39, 0.29) is 16.7 Å². The van der Waals surface area contributed by atoms with E-state index in [9.17, 15) is 14.7 Å². The lowest BCUT2D eigenvalue weighted by Crippen LogP contribution is -2.29. The van der Waals surface area contributed by atoms with Crippen LogP contribution in [0.3, 0.4) is 0 Å². The minimum atomic E-state index is -0.836. The SMILES string of the molecule is COc1cccc(C2/C(=C(/O)c3ccc(OC)c(C(C)(C)C)c3)C(=O)C(=O)N2c2ccc(C)c(C)c2)c1. The highest BCUT2D eigenvalue weighted by molar-refractivity contribution is 6.51. The minimum Gasteiger partial charge on any atom is -0.507 e. The van der Waals surface area contributed by atoms with Gasteiger partial charge in [0.2, 0.25) is 0 Å². The van der Waals surface area contributed by atoms with Crippen LogP contribution in [0, 0.1) is 13.8 Å². The number of amides is 1. The van der Waals surface area contributed by atoms with E-state index in [4.69, 9.17) is 9.47 Å². The zero-order chi connectivity index (χ0) is 27.1. The highest BCUT2D eigenvalue weighted by Crippen LogP contribution is 2.44. The molecule has 1 aliphatic heterocycles. The van der Waals surface area contributed by atoms with Gasteiger partial charge >= 0.3 is 0 Å². The van der Waals surface area contributed by atoms with Gasteiger partial charge in [0.15, 0.2) is 0 Å². The number of rotatable bonds is 5. The van der Waals surface area contributed by atoms with Crippen LogP contribution in [0.25, 0.3) is 5.76 Å². The van der Waals surface area contributed by atoms with Crippen molar-refractivity contribution in [2.75, 3.05) is 19.1 Å². The summed E-state index contributed by atoms with van der Waals surface area (Å²) in [5.41, 5.74) is 4.38. The molecule has 3 aromatic rings. The Morgan fingerprint density at radius 2 is 1.62 bits per heavy atom. The van der Waals surface area contributed by atoms with Gasteiger partial charge in [-0.15, -0.1) is 0 Å². The number of methoxy groups -OCH3 is 2. The van der Waals surface area contributed by atoms with Crippen LogP contribution in [-0.4, -0.2) is 31.0 Å². The summed E-state index contributed by atoms with van der Waals surface area (Å²) in [4.78, 5) is 28.5. The van der Waals surface area contributed by atoms with Gasteiger partial charge < -0.3 is 14.6 Å². The van der Waals surface area contributed by atoms with E-state index in [0.29, 0.717) is 28.3 Å². The first-order chi connectivity index (χ1) is 17.5. The van der Waals surface area contributed by atoms with Crippen molar-refractivity contribution in [3.8, 4) is 11.5 Å². The molecule has 1 fully saturated rings. The molecule has 0 radical (unpaired) electrons. The fraction of sp³-hybridized carbons (Fsp3) is 0.290. The quantitative estimate of drug-likeness (QED) is 0.255. The molecule has 1 N–H and O–H groups in total. The summed E-state index contributed by atoms with van der Waals surface area (Å²) in [6, 6.07) is 17.3. The van der Waals surface area contributed by atoms with E-state index < -0.39 is 17.7 Å². The molecule has 0 saturated carbocycles. The number of aryl methyl sites for hydroxylation is 2. The molecule has 3 aromatic carbocycles. The Morgan fingerprint density at radius 3 is 2.24 bits per heavy atom. The fourth-order valence-corrected chi connectivity index (χ4v) is 4.70. The molecule has 1 unspecified atom stereocenters. The first-order valence-electron chi connectivity index (χ1n) is 12.2. The predicted octanol–water partition coefficient (Wildman–Crippen LogP) is 6.24. The summed E-state index contributed by atoms with van der Waals surface area (Å²) >= 11 is 0. The second kappa shape index (κ2) is 9.77. The maximum atomic E-state index is 13.5. The zero-order valence-electron chi connectivity index (χ0n) is 22.4. The van der Waals surface area contributed by atoms with Gasteiger partial charge in [0.25, 0.3) is 11.7 Å². The number of ether oxygens (including phenoxy) is 2. The van der Waals surface area contributed by atoms with Crippen LogP contribution in [-0.2, 0) is 15.0 Å². The van der Waals surface area contributed by atoms with E-state index in [1.807, 2.05) is 65.0 Å². The Bertz CT molecular complexity index is 1410. The van der Waals surface area contributed by atoms with Crippen LogP contribution in [0.2, 0.25) is 0 Å². The monoisotopic (exact) mass is 499 g/mol. The van der Waals surface area contributed by atoms with Crippen LogP contribution < -0.4 is 14.4 Å². The molecule has 1 atom stereocenters. The molecular formula is C31H33NO5. The lowest BCUT2D eigenvalue weighted by atomic mass is 9.84. The Hall–Kier alpha value is -4.06. The lowest BCUT2D eigenvalue weighted by Gasteiger charge is -2.26. The molecule has 1 heterocycles. The summed E-state index contributed by atoms with van der Waals surface area (Å²) in [5.74, 6) is -0.392. The first kappa shape index (κ1) is 26.0. The van der Waals surface area contributed by atoms with Crippen molar-refractivity contribution in [2.24, 2.45) is 0 Å². The van der Waals surface area contributed by atoms with Crippen molar-refractivity contribution in [3.05, 3.63) is 94.1 Å². The third kappa shape index (κ3) is 4.71. The molecule has 0 aliphatic carbocycles. The predicted molar refractivity (Wildman–Crippen MR) is 145 cm³/mol. The Kier molecular flexibility index (Phi) is 6.87. The number of hydrogen-bond acceptors (Lipinski definition) is 5. The van der Waals surface area contributed by atoms with E-state index in [1.54, 1.807) is 44.6 Å².